The van der Waals surface area contributed by atoms with Crippen molar-refractivity contribution in [2.24, 2.45) is 10.4 Å². The van der Waals surface area contributed by atoms with Crippen LogP contribution in [0.2, 0.25) is 0 Å². The summed E-state index contributed by atoms with van der Waals surface area (Å²) in [7, 11) is 6.42. The lowest BCUT2D eigenvalue weighted by Gasteiger charge is -2.40. The minimum atomic E-state index is 0. The van der Waals surface area contributed by atoms with Gasteiger partial charge in [-0.25, -0.2) is 0 Å². The van der Waals surface area contributed by atoms with Gasteiger partial charge in [-0.15, -0.1) is 24.0 Å². The van der Waals surface area contributed by atoms with Crippen molar-refractivity contribution in [2.75, 3.05) is 54.0 Å². The fraction of sp³-hybridized carbons (Fsp3) is 0.947. The van der Waals surface area contributed by atoms with Gasteiger partial charge in [-0.3, -0.25) is 4.99 Å². The smallest absolute Gasteiger partial charge is 0.193 e. The van der Waals surface area contributed by atoms with Gasteiger partial charge in [-0.1, -0.05) is 25.7 Å². The lowest BCUT2D eigenvalue weighted by molar-refractivity contribution is 0.131. The van der Waals surface area contributed by atoms with Crippen LogP contribution in [-0.2, 0) is 4.74 Å². The van der Waals surface area contributed by atoms with Gasteiger partial charge in [0.1, 0.15) is 0 Å². The molecule has 5 nitrogen and oxygen atoms in total. The number of hydrogen-bond donors (Lipinski definition) is 1. The van der Waals surface area contributed by atoms with E-state index in [0.29, 0.717) is 5.41 Å². The van der Waals surface area contributed by atoms with E-state index in [1.165, 1.54) is 51.4 Å². The molecule has 0 aromatic heterocycles. The predicted molar refractivity (Wildman–Crippen MR) is 115 cm³/mol. The monoisotopic (exact) mass is 464 g/mol. The zero-order chi connectivity index (χ0) is 17.0. The summed E-state index contributed by atoms with van der Waals surface area (Å²) < 4.78 is 5.67. The van der Waals surface area contributed by atoms with Crippen molar-refractivity contribution in [1.82, 2.24) is 15.1 Å². The van der Waals surface area contributed by atoms with Crippen LogP contribution in [0.1, 0.15) is 51.4 Å². The molecule has 6 heteroatoms. The normalized spacial score (nSPS) is 29.8. The average Bonchev–Trinajstić information content (AvgIpc) is 3.13. The van der Waals surface area contributed by atoms with E-state index in [1.807, 2.05) is 7.05 Å². The van der Waals surface area contributed by atoms with E-state index in [4.69, 9.17) is 4.74 Å². The molecule has 0 amide bonds. The van der Waals surface area contributed by atoms with Crippen LogP contribution in [0.3, 0.4) is 0 Å². The first-order chi connectivity index (χ1) is 11.6. The summed E-state index contributed by atoms with van der Waals surface area (Å²) in [6.45, 7) is 5.08. The molecule has 3 aliphatic rings. The first-order valence-corrected chi connectivity index (χ1v) is 9.80. The van der Waals surface area contributed by atoms with Crippen molar-refractivity contribution in [3.05, 3.63) is 0 Å². The zero-order valence-corrected chi connectivity index (χ0v) is 18.7. The Labute approximate surface area is 171 Å². The fourth-order valence-corrected chi connectivity index (χ4v) is 4.83. The number of ether oxygens (including phenoxy) is 1. The Morgan fingerprint density at radius 3 is 2.40 bits per heavy atom. The van der Waals surface area contributed by atoms with Gasteiger partial charge < -0.3 is 19.9 Å². The topological polar surface area (TPSA) is 40.1 Å². The molecule has 1 N–H and O–H groups in total. The van der Waals surface area contributed by atoms with E-state index >= 15 is 0 Å². The standard InChI is InChI=1S/C19H36N4O.HI/c1-20-17(23-12-10-18(15-23)11-13-24-16-18)21-14-19(22(2)3)8-6-4-5-7-9-19;/h4-16H2,1-3H3,(H,20,21);1H. The van der Waals surface area contributed by atoms with Crippen LogP contribution in [0.25, 0.3) is 0 Å². The van der Waals surface area contributed by atoms with Crippen LogP contribution < -0.4 is 5.32 Å². The highest BCUT2D eigenvalue weighted by Crippen LogP contribution is 2.38. The summed E-state index contributed by atoms with van der Waals surface area (Å²) in [6, 6.07) is 0. The van der Waals surface area contributed by atoms with Crippen LogP contribution in [0, 0.1) is 5.41 Å². The number of hydrogen-bond acceptors (Lipinski definition) is 3. The summed E-state index contributed by atoms with van der Waals surface area (Å²) in [5.41, 5.74) is 0.666. The molecule has 1 spiro atoms. The van der Waals surface area contributed by atoms with Crippen LogP contribution in [0.15, 0.2) is 4.99 Å². The molecular formula is C19H37IN4O. The lowest BCUT2D eigenvalue weighted by atomic mass is 9.87. The largest absolute Gasteiger partial charge is 0.381 e. The van der Waals surface area contributed by atoms with Crippen molar-refractivity contribution >= 4 is 29.9 Å². The maximum Gasteiger partial charge on any atom is 0.193 e. The number of nitrogens with zero attached hydrogens (tertiary/aromatic N) is 3. The van der Waals surface area contributed by atoms with Gasteiger partial charge in [0.25, 0.3) is 0 Å². The Hall–Kier alpha value is -0.0800. The number of likely N-dealkylation sites (N-methyl/N-ethyl adjacent to an activating group) is 1. The first kappa shape index (κ1) is 21.2. The second-order valence-electron chi connectivity index (χ2n) is 8.41. The number of nitrogens with one attached hydrogen (secondary N) is 1. The Kier molecular flexibility index (Phi) is 7.83. The van der Waals surface area contributed by atoms with Gasteiger partial charge in [-0.05, 0) is 39.8 Å². The number of likely N-dealkylation sites (tertiary alicyclic amines) is 1. The Morgan fingerprint density at radius 1 is 1.12 bits per heavy atom. The van der Waals surface area contributed by atoms with E-state index in [0.717, 1.165) is 38.8 Å². The minimum absolute atomic E-state index is 0. The lowest BCUT2D eigenvalue weighted by Crippen LogP contribution is -2.54. The molecule has 3 rings (SSSR count). The molecule has 3 fully saturated rings. The highest BCUT2D eigenvalue weighted by molar-refractivity contribution is 14.0. The van der Waals surface area contributed by atoms with Gasteiger partial charge in [-0.2, -0.15) is 0 Å². The Balaban J connectivity index is 0.00000225. The second kappa shape index (κ2) is 9.22. The summed E-state index contributed by atoms with van der Waals surface area (Å²) in [5, 5.41) is 3.73. The fourth-order valence-electron chi connectivity index (χ4n) is 4.83. The van der Waals surface area contributed by atoms with E-state index in [1.54, 1.807) is 0 Å². The second-order valence-corrected chi connectivity index (χ2v) is 8.41. The van der Waals surface area contributed by atoms with E-state index in [-0.39, 0.29) is 29.5 Å². The van der Waals surface area contributed by atoms with E-state index in [9.17, 15) is 0 Å². The Morgan fingerprint density at radius 2 is 1.84 bits per heavy atom. The maximum absolute atomic E-state index is 5.67. The molecule has 0 aromatic rings. The SMILES string of the molecule is CN=C(NCC1(N(C)C)CCCCCC1)N1CCC2(CCOC2)C1.I. The maximum atomic E-state index is 5.67. The molecule has 0 radical (unpaired) electrons. The van der Waals surface area contributed by atoms with Crippen molar-refractivity contribution in [2.45, 2.75) is 56.9 Å². The first-order valence-electron chi connectivity index (χ1n) is 9.80. The van der Waals surface area contributed by atoms with Crippen LogP contribution in [-0.4, -0.2) is 75.3 Å². The van der Waals surface area contributed by atoms with E-state index in [2.05, 4.69) is 34.2 Å². The van der Waals surface area contributed by atoms with Crippen molar-refractivity contribution in [3.63, 3.8) is 0 Å². The molecule has 1 atom stereocenters. The number of aliphatic imine (C=N–C) groups is 1. The highest BCUT2D eigenvalue weighted by atomic mass is 127. The molecule has 2 saturated heterocycles. The quantitative estimate of drug-likeness (QED) is 0.302. The molecular weight excluding hydrogens is 427 g/mol. The average molecular weight is 464 g/mol. The highest BCUT2D eigenvalue weighted by Gasteiger charge is 2.42. The molecule has 25 heavy (non-hydrogen) atoms. The molecule has 0 aromatic carbocycles. The predicted octanol–water partition coefficient (Wildman–Crippen LogP) is 2.95. The van der Waals surface area contributed by atoms with Gasteiger partial charge in [0, 0.05) is 44.2 Å². The van der Waals surface area contributed by atoms with Gasteiger partial charge in [0.15, 0.2) is 5.96 Å². The summed E-state index contributed by atoms with van der Waals surface area (Å²) >= 11 is 0. The summed E-state index contributed by atoms with van der Waals surface area (Å²) in [4.78, 5) is 9.50. The molecule has 2 heterocycles. The number of halogens is 1. The zero-order valence-electron chi connectivity index (χ0n) is 16.4. The third-order valence-electron chi connectivity index (χ3n) is 6.69. The van der Waals surface area contributed by atoms with Gasteiger partial charge in [0.05, 0.1) is 6.61 Å². The molecule has 1 saturated carbocycles. The van der Waals surface area contributed by atoms with E-state index < -0.39 is 0 Å². The van der Waals surface area contributed by atoms with Crippen LogP contribution in [0.4, 0.5) is 0 Å². The Bertz CT molecular complexity index is 441. The van der Waals surface area contributed by atoms with Crippen molar-refractivity contribution in [1.29, 1.82) is 0 Å². The third-order valence-corrected chi connectivity index (χ3v) is 6.69. The molecule has 2 aliphatic heterocycles. The number of rotatable bonds is 3. The minimum Gasteiger partial charge on any atom is -0.381 e. The van der Waals surface area contributed by atoms with Crippen LogP contribution in [0.5, 0.6) is 0 Å². The summed E-state index contributed by atoms with van der Waals surface area (Å²) in [5.74, 6) is 1.09. The molecule has 1 aliphatic carbocycles. The number of guanidine groups is 1. The van der Waals surface area contributed by atoms with Crippen molar-refractivity contribution in [3.8, 4) is 0 Å². The summed E-state index contributed by atoms with van der Waals surface area (Å²) in [6.07, 6.45) is 10.5. The van der Waals surface area contributed by atoms with Gasteiger partial charge >= 0.3 is 0 Å². The molecule has 1 unspecified atom stereocenters. The van der Waals surface area contributed by atoms with Crippen molar-refractivity contribution < 1.29 is 4.74 Å². The third kappa shape index (κ3) is 4.80. The molecule has 146 valence electrons. The molecule has 0 bridgehead atoms. The van der Waals surface area contributed by atoms with Gasteiger partial charge in [0.2, 0.25) is 0 Å². The van der Waals surface area contributed by atoms with Crippen LogP contribution >= 0.6 is 24.0 Å².